The van der Waals surface area contributed by atoms with Gasteiger partial charge in [0.25, 0.3) is 0 Å². The van der Waals surface area contributed by atoms with Crippen LogP contribution in [-0.4, -0.2) is 38.7 Å². The minimum Gasteiger partial charge on any atom is -1.00 e. The molecule has 0 aliphatic carbocycles. The van der Waals surface area contributed by atoms with Gasteiger partial charge in [0.1, 0.15) is 0 Å². The summed E-state index contributed by atoms with van der Waals surface area (Å²) in [7, 11) is 6.86. The average Bonchev–Trinajstić information content (AvgIpc) is 3.14. The number of halogens is 2. The Morgan fingerprint density at radius 2 is 1.67 bits per heavy atom. The van der Waals surface area contributed by atoms with Crippen LogP contribution in [0.15, 0.2) is 64.5 Å². The number of hydrogen-bond acceptors (Lipinski definition) is 2. The molecule has 0 saturated carbocycles. The lowest BCUT2D eigenvalue weighted by Gasteiger charge is -2.27. The van der Waals surface area contributed by atoms with Crippen molar-refractivity contribution in [1.82, 2.24) is 0 Å². The van der Waals surface area contributed by atoms with Crippen molar-refractivity contribution in [2.75, 3.05) is 39.1 Å². The fraction of sp³-hybridized carbons (Fsp3) is 0.433. The first-order valence-electron chi connectivity index (χ1n) is 12.4. The summed E-state index contributed by atoms with van der Waals surface area (Å²) >= 11 is 1.87. The van der Waals surface area contributed by atoms with E-state index in [9.17, 15) is 0 Å². The van der Waals surface area contributed by atoms with Crippen LogP contribution < -0.4 is 57.4 Å². The number of fused-ring (bicyclic) bond motifs is 2. The number of pyridine rings is 1. The first-order chi connectivity index (χ1) is 15.9. The predicted octanol–water partition coefficient (Wildman–Crippen LogP) is 1.14. The number of nitrogens with zero attached hydrogens (tertiary/aromatic N) is 3. The molecule has 0 fully saturated rings. The van der Waals surface area contributed by atoms with Gasteiger partial charge in [-0.25, -0.2) is 0 Å². The third kappa shape index (κ3) is 7.60. The average molecular weight is 732 g/mol. The van der Waals surface area contributed by atoms with Gasteiger partial charge < -0.3 is 57.3 Å². The Hall–Kier alpha value is -0.840. The van der Waals surface area contributed by atoms with Crippen molar-refractivity contribution in [3.8, 4) is 0 Å². The van der Waals surface area contributed by atoms with Gasteiger partial charge in [-0.1, -0.05) is 56.8 Å². The molecule has 0 saturated heterocycles. The molecular weight excluding hydrogens is 688 g/mol. The number of hydrogen-bond donors (Lipinski definition) is 0. The standard InChI is InChI=1S/C29H39N3S.CH4.2HI/c1-6-8-14-24-21-23(22-29-30(3)27-17-11-12-18-28(27)33-29)25-15-9-10-16-26(25)31(24)19-13-20-32(4,5)7-2;;;/h9-12,15-18,21-22H,6-8,13-14,19-20H2,1-5H3;1H4;2*1H/q+2;;;/p-2. The summed E-state index contributed by atoms with van der Waals surface area (Å²) < 4.78 is 3.68. The van der Waals surface area contributed by atoms with Crippen molar-refractivity contribution in [3.05, 3.63) is 70.9 Å². The molecule has 0 amide bonds. The van der Waals surface area contributed by atoms with Crippen LogP contribution in [0.3, 0.4) is 0 Å². The summed E-state index contributed by atoms with van der Waals surface area (Å²) in [5.41, 5.74) is 5.46. The fourth-order valence-electron chi connectivity index (χ4n) is 4.59. The summed E-state index contributed by atoms with van der Waals surface area (Å²) in [5, 5.41) is 2.64. The molecule has 6 heteroatoms. The molecule has 0 bridgehead atoms. The van der Waals surface area contributed by atoms with Crippen LogP contribution in [0.25, 0.3) is 17.0 Å². The van der Waals surface area contributed by atoms with Crippen LogP contribution in [0.5, 0.6) is 0 Å². The third-order valence-electron chi connectivity index (χ3n) is 7.01. The normalized spacial score (nSPS) is 13.7. The van der Waals surface area contributed by atoms with Gasteiger partial charge >= 0.3 is 0 Å². The molecule has 1 aliphatic heterocycles. The number of anilines is 1. The molecule has 1 aromatic heterocycles. The van der Waals surface area contributed by atoms with Crippen molar-refractivity contribution in [2.45, 2.75) is 58.4 Å². The zero-order valence-electron chi connectivity index (χ0n) is 21.7. The summed E-state index contributed by atoms with van der Waals surface area (Å²) in [5.74, 6) is 0. The zero-order valence-corrected chi connectivity index (χ0v) is 26.9. The van der Waals surface area contributed by atoms with Gasteiger partial charge in [0.05, 0.1) is 49.7 Å². The smallest absolute Gasteiger partial charge is 0.213 e. The number of unbranched alkanes of at least 4 members (excludes halogenated alkanes) is 1. The molecule has 1 aliphatic rings. The highest BCUT2D eigenvalue weighted by Crippen LogP contribution is 2.45. The van der Waals surface area contributed by atoms with Gasteiger partial charge in [-0.3, -0.25) is 0 Å². The predicted molar refractivity (Wildman–Crippen MR) is 150 cm³/mol. The number of para-hydroxylation sites is 2. The topological polar surface area (TPSA) is 7.12 Å². The van der Waals surface area contributed by atoms with Crippen LogP contribution in [0.1, 0.15) is 51.8 Å². The van der Waals surface area contributed by atoms with Crippen molar-refractivity contribution < 1.29 is 57.0 Å². The lowest BCUT2D eigenvalue weighted by atomic mass is 10.0. The molecule has 2 aromatic carbocycles. The Morgan fingerprint density at radius 3 is 2.36 bits per heavy atom. The van der Waals surface area contributed by atoms with Crippen LogP contribution in [0, 0.1) is 0 Å². The van der Waals surface area contributed by atoms with Gasteiger partial charge in [0, 0.05) is 30.5 Å². The van der Waals surface area contributed by atoms with E-state index in [1.807, 2.05) is 11.8 Å². The van der Waals surface area contributed by atoms with E-state index in [2.05, 4.69) is 105 Å². The summed E-state index contributed by atoms with van der Waals surface area (Å²) in [4.78, 5) is 3.66. The second kappa shape index (κ2) is 14.9. The Balaban J connectivity index is 0.00000216. The highest BCUT2D eigenvalue weighted by Gasteiger charge is 2.24. The maximum atomic E-state index is 2.60. The van der Waals surface area contributed by atoms with Crippen molar-refractivity contribution in [1.29, 1.82) is 0 Å². The minimum absolute atomic E-state index is 0. The Kier molecular flexibility index (Phi) is 13.8. The molecule has 36 heavy (non-hydrogen) atoms. The Bertz CT molecular complexity index is 1160. The lowest BCUT2D eigenvalue weighted by molar-refractivity contribution is -0.890. The zero-order chi connectivity index (χ0) is 23.4. The number of quaternary nitrogens is 1. The summed E-state index contributed by atoms with van der Waals surface area (Å²) in [6, 6.07) is 20.1. The first kappa shape index (κ1) is 33.2. The van der Waals surface area contributed by atoms with Crippen molar-refractivity contribution >= 4 is 34.4 Å². The van der Waals surface area contributed by atoms with Crippen LogP contribution in [0.2, 0.25) is 0 Å². The molecule has 4 rings (SSSR count). The maximum absolute atomic E-state index is 2.60. The summed E-state index contributed by atoms with van der Waals surface area (Å²) in [6.07, 6.45) is 7.17. The van der Waals surface area contributed by atoms with Gasteiger partial charge in [-0.2, -0.15) is 4.57 Å². The minimum atomic E-state index is 0. The number of benzene rings is 2. The molecule has 3 nitrogen and oxygen atoms in total. The largest absolute Gasteiger partial charge is 1.00 e. The van der Waals surface area contributed by atoms with E-state index in [0.717, 1.165) is 17.4 Å². The SMILES string of the molecule is C.CCCCc1cc(C=C2Sc3ccccc3N2C)c2ccccc2[n+]1CCC[N+](C)(C)CC.[I-].[I-]. The van der Waals surface area contributed by atoms with E-state index in [4.69, 9.17) is 0 Å². The van der Waals surface area contributed by atoms with Gasteiger partial charge in [0.15, 0.2) is 12.2 Å². The number of thioether (sulfide) groups is 1. The first-order valence-corrected chi connectivity index (χ1v) is 13.2. The molecule has 0 N–H and O–H groups in total. The third-order valence-corrected chi connectivity index (χ3v) is 8.18. The second-order valence-electron chi connectivity index (χ2n) is 9.80. The lowest BCUT2D eigenvalue weighted by Crippen LogP contribution is -3.00. The fourth-order valence-corrected chi connectivity index (χ4v) is 5.69. The number of rotatable bonds is 9. The number of aryl methyl sites for hydroxylation is 2. The number of aromatic nitrogens is 1. The molecule has 3 aromatic rings. The van der Waals surface area contributed by atoms with Crippen LogP contribution in [0.4, 0.5) is 5.69 Å². The van der Waals surface area contributed by atoms with Crippen molar-refractivity contribution in [3.63, 3.8) is 0 Å². The van der Waals surface area contributed by atoms with Crippen LogP contribution >= 0.6 is 11.8 Å². The maximum Gasteiger partial charge on any atom is 0.213 e. The highest BCUT2D eigenvalue weighted by molar-refractivity contribution is 8.03. The van der Waals surface area contributed by atoms with E-state index in [0.29, 0.717) is 0 Å². The Morgan fingerprint density at radius 1 is 0.972 bits per heavy atom. The summed E-state index contributed by atoms with van der Waals surface area (Å²) in [6.45, 7) is 8.04. The molecule has 198 valence electrons. The van der Waals surface area contributed by atoms with Crippen molar-refractivity contribution in [2.24, 2.45) is 0 Å². The molecule has 0 unspecified atom stereocenters. The van der Waals surface area contributed by atoms with E-state index in [-0.39, 0.29) is 55.4 Å². The van der Waals surface area contributed by atoms with E-state index in [1.165, 1.54) is 70.1 Å². The van der Waals surface area contributed by atoms with E-state index in [1.54, 1.807) is 0 Å². The van der Waals surface area contributed by atoms with E-state index >= 15 is 0 Å². The molecule has 0 atom stereocenters. The van der Waals surface area contributed by atoms with Gasteiger partial charge in [-0.15, -0.1) is 0 Å². The molecular formula is C30H43I2N3S. The molecule has 0 radical (unpaired) electrons. The van der Waals surface area contributed by atoms with E-state index < -0.39 is 0 Å². The second-order valence-corrected chi connectivity index (χ2v) is 10.9. The highest BCUT2D eigenvalue weighted by atomic mass is 127. The molecule has 2 heterocycles. The monoisotopic (exact) mass is 731 g/mol. The quantitative estimate of drug-likeness (QED) is 0.186. The Labute approximate surface area is 258 Å². The molecule has 0 spiro atoms. The van der Waals surface area contributed by atoms with Gasteiger partial charge in [-0.05, 0) is 43.2 Å². The van der Waals surface area contributed by atoms with Gasteiger partial charge in [0.2, 0.25) is 5.52 Å². The van der Waals surface area contributed by atoms with Crippen LogP contribution in [-0.2, 0) is 13.0 Å².